The van der Waals surface area contributed by atoms with Crippen LogP contribution in [0.2, 0.25) is 0 Å². The van der Waals surface area contributed by atoms with Gasteiger partial charge in [-0.1, -0.05) is 36.8 Å². The molecule has 2 unspecified atom stereocenters. The number of aryl methyl sites for hydroxylation is 2. The Labute approximate surface area is 127 Å². The summed E-state index contributed by atoms with van der Waals surface area (Å²) in [5.41, 5.74) is 4.20. The summed E-state index contributed by atoms with van der Waals surface area (Å²) in [6.07, 6.45) is 6.65. The molecule has 3 heteroatoms. The summed E-state index contributed by atoms with van der Waals surface area (Å²) in [4.78, 5) is 0. The van der Waals surface area contributed by atoms with Gasteiger partial charge in [0.15, 0.2) is 0 Å². The molecule has 0 spiro atoms. The van der Waals surface area contributed by atoms with Crippen LogP contribution in [0.25, 0.3) is 0 Å². The number of hydrogen-bond acceptors (Lipinski definition) is 2. The lowest BCUT2D eigenvalue weighted by Crippen LogP contribution is -2.33. The maximum Gasteiger partial charge on any atom is 0.0524 e. The van der Waals surface area contributed by atoms with Crippen LogP contribution < -0.4 is 5.32 Å². The van der Waals surface area contributed by atoms with Crippen LogP contribution in [0.15, 0.2) is 36.7 Å². The zero-order chi connectivity index (χ0) is 14.7. The first kappa shape index (κ1) is 14.3. The molecule has 0 saturated carbocycles. The minimum Gasteiger partial charge on any atom is -0.316 e. The minimum absolute atomic E-state index is 0.554. The second kappa shape index (κ2) is 6.44. The van der Waals surface area contributed by atoms with Crippen LogP contribution in [0.5, 0.6) is 0 Å². The molecule has 1 N–H and O–H groups in total. The van der Waals surface area contributed by atoms with Gasteiger partial charge in [-0.3, -0.25) is 4.68 Å². The molecule has 3 rings (SSSR count). The Balaban J connectivity index is 1.86. The third-order valence-corrected chi connectivity index (χ3v) is 4.49. The summed E-state index contributed by atoms with van der Waals surface area (Å²) < 4.78 is 2.09. The topological polar surface area (TPSA) is 29.9 Å². The molecule has 2 atom stereocenters. The molecule has 1 aromatic carbocycles. The van der Waals surface area contributed by atoms with E-state index in [0.717, 1.165) is 26.1 Å². The molecule has 1 aromatic heterocycles. The second-order valence-electron chi connectivity index (χ2n) is 6.16. The number of aromatic nitrogens is 2. The van der Waals surface area contributed by atoms with Crippen molar-refractivity contribution in [2.24, 2.45) is 0 Å². The van der Waals surface area contributed by atoms with Gasteiger partial charge in [-0.15, -0.1) is 0 Å². The lowest BCUT2D eigenvalue weighted by atomic mass is 9.78. The van der Waals surface area contributed by atoms with E-state index >= 15 is 0 Å². The molecule has 0 bridgehead atoms. The molecule has 0 aliphatic carbocycles. The van der Waals surface area contributed by atoms with E-state index in [1.165, 1.54) is 23.1 Å². The summed E-state index contributed by atoms with van der Waals surface area (Å²) >= 11 is 0. The molecular formula is C18H25N3. The number of nitrogens with zero attached hydrogens (tertiary/aromatic N) is 2. The highest BCUT2D eigenvalue weighted by Gasteiger charge is 2.28. The van der Waals surface area contributed by atoms with Crippen molar-refractivity contribution < 1.29 is 0 Å². The fourth-order valence-electron chi connectivity index (χ4n) is 3.43. The summed E-state index contributed by atoms with van der Waals surface area (Å²) in [6.45, 7) is 7.55. The first-order valence-corrected chi connectivity index (χ1v) is 8.07. The van der Waals surface area contributed by atoms with Crippen molar-refractivity contribution in [1.29, 1.82) is 0 Å². The summed E-state index contributed by atoms with van der Waals surface area (Å²) in [6, 6.07) is 8.96. The summed E-state index contributed by atoms with van der Waals surface area (Å²) in [5.74, 6) is 1.14. The zero-order valence-corrected chi connectivity index (χ0v) is 13.0. The largest absolute Gasteiger partial charge is 0.316 e. The molecule has 1 fully saturated rings. The van der Waals surface area contributed by atoms with Gasteiger partial charge in [0, 0.05) is 25.2 Å². The number of rotatable bonds is 4. The fraction of sp³-hybridized carbons (Fsp3) is 0.500. The highest BCUT2D eigenvalue weighted by atomic mass is 15.3. The van der Waals surface area contributed by atoms with Gasteiger partial charge in [0.2, 0.25) is 0 Å². The smallest absolute Gasteiger partial charge is 0.0524 e. The fourth-order valence-corrected chi connectivity index (χ4v) is 3.43. The molecule has 1 saturated heterocycles. The molecule has 112 valence electrons. The third kappa shape index (κ3) is 3.18. The van der Waals surface area contributed by atoms with Crippen molar-refractivity contribution >= 4 is 0 Å². The second-order valence-corrected chi connectivity index (χ2v) is 6.16. The zero-order valence-electron chi connectivity index (χ0n) is 13.0. The Kier molecular flexibility index (Phi) is 4.39. The predicted molar refractivity (Wildman–Crippen MR) is 86.7 cm³/mol. The molecule has 21 heavy (non-hydrogen) atoms. The third-order valence-electron chi connectivity index (χ3n) is 4.49. The molecule has 2 heterocycles. The Morgan fingerprint density at radius 2 is 2.19 bits per heavy atom. The summed E-state index contributed by atoms with van der Waals surface area (Å²) in [5, 5.41) is 8.08. The predicted octanol–water partition coefficient (Wildman–Crippen LogP) is 3.46. The van der Waals surface area contributed by atoms with Gasteiger partial charge in [-0.05, 0) is 43.4 Å². The van der Waals surface area contributed by atoms with Crippen LogP contribution in [0.1, 0.15) is 48.3 Å². The van der Waals surface area contributed by atoms with E-state index in [4.69, 9.17) is 0 Å². The molecule has 1 aliphatic rings. The average molecular weight is 283 g/mol. The van der Waals surface area contributed by atoms with E-state index < -0.39 is 0 Å². The molecule has 0 radical (unpaired) electrons. The monoisotopic (exact) mass is 283 g/mol. The van der Waals surface area contributed by atoms with Crippen molar-refractivity contribution in [3.63, 3.8) is 0 Å². The Morgan fingerprint density at radius 3 is 3.00 bits per heavy atom. The highest BCUT2D eigenvalue weighted by molar-refractivity contribution is 5.31. The minimum atomic E-state index is 0.554. The summed E-state index contributed by atoms with van der Waals surface area (Å²) in [7, 11) is 0. The first-order chi connectivity index (χ1) is 10.3. The molecule has 3 nitrogen and oxygen atoms in total. The van der Waals surface area contributed by atoms with Gasteiger partial charge < -0.3 is 5.32 Å². The molecular weight excluding hydrogens is 258 g/mol. The van der Waals surface area contributed by atoms with Crippen LogP contribution >= 0.6 is 0 Å². The van der Waals surface area contributed by atoms with Crippen molar-refractivity contribution in [1.82, 2.24) is 15.1 Å². The van der Waals surface area contributed by atoms with Gasteiger partial charge in [0.05, 0.1) is 6.20 Å². The van der Waals surface area contributed by atoms with Gasteiger partial charge in [-0.25, -0.2) is 0 Å². The average Bonchev–Trinajstić information content (AvgIpc) is 2.96. The SMILES string of the molecule is CCCn1cc(C2CCNCC2c2cccc(C)c2)cn1. The molecule has 0 amide bonds. The number of piperidine rings is 1. The van der Waals surface area contributed by atoms with Gasteiger partial charge >= 0.3 is 0 Å². The molecule has 1 aliphatic heterocycles. The van der Waals surface area contributed by atoms with Crippen LogP contribution in [-0.2, 0) is 6.54 Å². The van der Waals surface area contributed by atoms with Crippen molar-refractivity contribution in [3.05, 3.63) is 53.3 Å². The van der Waals surface area contributed by atoms with E-state index in [1.54, 1.807) is 0 Å². The highest BCUT2D eigenvalue weighted by Crippen LogP contribution is 2.37. The maximum atomic E-state index is 4.52. The number of hydrogen-bond donors (Lipinski definition) is 1. The van der Waals surface area contributed by atoms with E-state index in [-0.39, 0.29) is 0 Å². The van der Waals surface area contributed by atoms with E-state index in [9.17, 15) is 0 Å². The lowest BCUT2D eigenvalue weighted by molar-refractivity contribution is 0.403. The van der Waals surface area contributed by atoms with E-state index in [0.29, 0.717) is 11.8 Å². The Hall–Kier alpha value is -1.61. The van der Waals surface area contributed by atoms with E-state index in [1.807, 2.05) is 0 Å². The van der Waals surface area contributed by atoms with E-state index in [2.05, 4.69) is 65.6 Å². The van der Waals surface area contributed by atoms with Crippen LogP contribution in [0, 0.1) is 6.92 Å². The van der Waals surface area contributed by atoms with Gasteiger partial charge in [0.1, 0.15) is 0 Å². The van der Waals surface area contributed by atoms with Crippen molar-refractivity contribution in [2.75, 3.05) is 13.1 Å². The van der Waals surface area contributed by atoms with Crippen molar-refractivity contribution in [3.8, 4) is 0 Å². The number of nitrogens with one attached hydrogen (secondary N) is 1. The molecule has 2 aromatic rings. The Bertz CT molecular complexity index is 588. The van der Waals surface area contributed by atoms with Crippen LogP contribution in [0.4, 0.5) is 0 Å². The lowest BCUT2D eigenvalue weighted by Gasteiger charge is -2.32. The van der Waals surface area contributed by atoms with Crippen molar-refractivity contribution in [2.45, 2.75) is 45.1 Å². The maximum absolute atomic E-state index is 4.52. The Morgan fingerprint density at radius 1 is 1.29 bits per heavy atom. The van der Waals surface area contributed by atoms with Crippen LogP contribution in [0.3, 0.4) is 0 Å². The van der Waals surface area contributed by atoms with Gasteiger partial charge in [0.25, 0.3) is 0 Å². The number of benzene rings is 1. The first-order valence-electron chi connectivity index (χ1n) is 8.07. The standard InChI is InChI=1S/C18H25N3/c1-3-9-21-13-16(11-20-21)17-7-8-19-12-18(17)15-6-4-5-14(2)10-15/h4-6,10-11,13,17-19H,3,7-9,12H2,1-2H3. The van der Waals surface area contributed by atoms with Crippen LogP contribution in [-0.4, -0.2) is 22.9 Å². The normalized spacial score (nSPS) is 22.4. The van der Waals surface area contributed by atoms with Gasteiger partial charge in [-0.2, -0.15) is 5.10 Å². The quantitative estimate of drug-likeness (QED) is 0.931.